The van der Waals surface area contributed by atoms with Crippen LogP contribution in [0.3, 0.4) is 0 Å². The van der Waals surface area contributed by atoms with Crippen LogP contribution in [0.2, 0.25) is 0 Å². The summed E-state index contributed by atoms with van der Waals surface area (Å²) in [7, 11) is 0. The van der Waals surface area contributed by atoms with Crippen LogP contribution >= 0.6 is 0 Å². The molecule has 1 rings (SSSR count). The molecule has 1 N–H and O–H groups in total. The minimum atomic E-state index is -0.363. The van der Waals surface area contributed by atoms with Crippen LogP contribution in [0.15, 0.2) is 18.2 Å². The average molecular weight is 206 g/mol. The second-order valence-corrected chi connectivity index (χ2v) is 3.52. The van der Waals surface area contributed by atoms with Crippen molar-refractivity contribution in [3.63, 3.8) is 0 Å². The maximum Gasteiger partial charge on any atom is 0.124 e. The topological polar surface area (TPSA) is 35.8 Å². The summed E-state index contributed by atoms with van der Waals surface area (Å²) in [5.41, 5.74) is 1.26. The van der Waals surface area contributed by atoms with Gasteiger partial charge in [-0.2, -0.15) is 5.26 Å². The summed E-state index contributed by atoms with van der Waals surface area (Å²) < 4.78 is 12.9. The van der Waals surface area contributed by atoms with Gasteiger partial charge in [-0.05, 0) is 37.6 Å². The molecule has 1 unspecified atom stereocenters. The normalized spacial score (nSPS) is 12.1. The number of hydrogen-bond donors (Lipinski definition) is 1. The van der Waals surface area contributed by atoms with Gasteiger partial charge >= 0.3 is 0 Å². The van der Waals surface area contributed by atoms with Gasteiger partial charge in [0.15, 0.2) is 0 Å². The first kappa shape index (κ1) is 11.7. The minimum absolute atomic E-state index is 0.0835. The molecule has 3 heteroatoms. The Balaban J connectivity index is 2.89. The minimum Gasteiger partial charge on any atom is -0.310 e. The fourth-order valence-electron chi connectivity index (χ4n) is 1.47. The van der Waals surface area contributed by atoms with E-state index in [1.54, 1.807) is 6.07 Å². The number of nitrogens with one attached hydrogen (secondary N) is 1. The lowest BCUT2D eigenvalue weighted by Crippen LogP contribution is -2.20. The Hall–Kier alpha value is -1.40. The summed E-state index contributed by atoms with van der Waals surface area (Å²) in [5, 5.41) is 12.1. The summed E-state index contributed by atoms with van der Waals surface area (Å²) in [4.78, 5) is 0. The molecule has 0 saturated heterocycles. The molecule has 0 heterocycles. The highest BCUT2D eigenvalue weighted by molar-refractivity contribution is 5.39. The molecule has 80 valence electrons. The number of nitrogens with zero attached hydrogens (tertiary/aromatic N) is 1. The van der Waals surface area contributed by atoms with Crippen LogP contribution in [0.25, 0.3) is 0 Å². The van der Waals surface area contributed by atoms with Gasteiger partial charge in [0.2, 0.25) is 0 Å². The predicted molar refractivity (Wildman–Crippen MR) is 57.8 cm³/mol. The molecular formula is C12H15FN2. The van der Waals surface area contributed by atoms with Crippen LogP contribution in [0.5, 0.6) is 0 Å². The van der Waals surface area contributed by atoms with Crippen LogP contribution in [-0.4, -0.2) is 6.54 Å². The van der Waals surface area contributed by atoms with Gasteiger partial charge in [0, 0.05) is 6.04 Å². The molecule has 0 amide bonds. The molecule has 0 saturated carbocycles. The summed E-state index contributed by atoms with van der Waals surface area (Å²) in [6.45, 7) is 4.95. The molecule has 15 heavy (non-hydrogen) atoms. The number of benzene rings is 1. The first-order chi connectivity index (χ1) is 7.19. The third kappa shape index (κ3) is 3.03. The maximum atomic E-state index is 12.9. The fraction of sp³-hybridized carbons (Fsp3) is 0.417. The van der Waals surface area contributed by atoms with E-state index in [0.717, 1.165) is 18.5 Å². The van der Waals surface area contributed by atoms with E-state index in [-0.39, 0.29) is 11.9 Å². The van der Waals surface area contributed by atoms with E-state index in [4.69, 9.17) is 5.26 Å². The third-order valence-corrected chi connectivity index (χ3v) is 2.30. The molecule has 0 fully saturated rings. The lowest BCUT2D eigenvalue weighted by Gasteiger charge is -2.14. The van der Waals surface area contributed by atoms with Crippen LogP contribution in [0.4, 0.5) is 4.39 Å². The predicted octanol–water partition coefficient (Wildman–Crippen LogP) is 2.76. The van der Waals surface area contributed by atoms with Gasteiger partial charge in [0.25, 0.3) is 0 Å². The molecule has 0 bridgehead atoms. The van der Waals surface area contributed by atoms with Crippen molar-refractivity contribution in [3.05, 3.63) is 35.1 Å². The van der Waals surface area contributed by atoms with Crippen molar-refractivity contribution < 1.29 is 4.39 Å². The lowest BCUT2D eigenvalue weighted by atomic mass is 10.0. The van der Waals surface area contributed by atoms with Gasteiger partial charge in [0.05, 0.1) is 11.6 Å². The first-order valence-electron chi connectivity index (χ1n) is 5.12. The van der Waals surface area contributed by atoms with Crippen molar-refractivity contribution in [1.29, 1.82) is 5.26 Å². The van der Waals surface area contributed by atoms with E-state index in [0.29, 0.717) is 5.56 Å². The van der Waals surface area contributed by atoms with E-state index >= 15 is 0 Å². The van der Waals surface area contributed by atoms with E-state index in [1.165, 1.54) is 12.1 Å². The Morgan fingerprint density at radius 1 is 1.53 bits per heavy atom. The molecule has 0 aliphatic carbocycles. The quantitative estimate of drug-likeness (QED) is 0.822. The zero-order chi connectivity index (χ0) is 11.3. The average Bonchev–Trinajstić information content (AvgIpc) is 2.25. The van der Waals surface area contributed by atoms with Crippen molar-refractivity contribution in [2.24, 2.45) is 0 Å². The summed E-state index contributed by atoms with van der Waals surface area (Å²) in [5.74, 6) is -0.363. The lowest BCUT2D eigenvalue weighted by molar-refractivity contribution is 0.566. The zero-order valence-corrected chi connectivity index (χ0v) is 9.05. The van der Waals surface area contributed by atoms with Crippen LogP contribution in [0.1, 0.15) is 37.4 Å². The summed E-state index contributed by atoms with van der Waals surface area (Å²) >= 11 is 0. The molecule has 1 atom stereocenters. The van der Waals surface area contributed by atoms with Crippen LogP contribution < -0.4 is 5.32 Å². The number of nitriles is 1. The molecule has 2 nitrogen and oxygen atoms in total. The number of halogens is 1. The highest BCUT2D eigenvalue weighted by atomic mass is 19.1. The first-order valence-corrected chi connectivity index (χ1v) is 5.12. The van der Waals surface area contributed by atoms with E-state index in [2.05, 4.69) is 12.2 Å². The van der Waals surface area contributed by atoms with Gasteiger partial charge in [0.1, 0.15) is 5.82 Å². The molecule has 0 aromatic heterocycles. The van der Waals surface area contributed by atoms with E-state index in [1.807, 2.05) is 13.0 Å². The monoisotopic (exact) mass is 206 g/mol. The van der Waals surface area contributed by atoms with Crippen molar-refractivity contribution in [2.45, 2.75) is 26.3 Å². The van der Waals surface area contributed by atoms with Crippen LogP contribution in [0, 0.1) is 17.1 Å². The van der Waals surface area contributed by atoms with Crippen molar-refractivity contribution in [2.75, 3.05) is 6.54 Å². The number of hydrogen-bond acceptors (Lipinski definition) is 2. The van der Waals surface area contributed by atoms with Crippen molar-refractivity contribution in [1.82, 2.24) is 5.32 Å². The molecule has 1 aromatic carbocycles. The van der Waals surface area contributed by atoms with E-state index < -0.39 is 0 Å². The molecule has 0 aliphatic rings. The SMILES string of the molecule is CCCNC(C)c1ccc(F)cc1C#N. The van der Waals surface area contributed by atoms with Crippen LogP contribution in [-0.2, 0) is 0 Å². The van der Waals surface area contributed by atoms with E-state index in [9.17, 15) is 4.39 Å². The third-order valence-electron chi connectivity index (χ3n) is 2.30. The summed E-state index contributed by atoms with van der Waals surface area (Å²) in [6, 6.07) is 6.43. The second-order valence-electron chi connectivity index (χ2n) is 3.52. The molecule has 1 aromatic rings. The molecule has 0 radical (unpaired) electrons. The Kier molecular flexibility index (Phi) is 4.26. The van der Waals surface area contributed by atoms with Gasteiger partial charge < -0.3 is 5.32 Å². The second kappa shape index (κ2) is 5.47. The van der Waals surface area contributed by atoms with Gasteiger partial charge in [-0.15, -0.1) is 0 Å². The Bertz CT molecular complexity index is 368. The maximum absolute atomic E-state index is 12.9. The summed E-state index contributed by atoms with van der Waals surface area (Å²) in [6.07, 6.45) is 1.04. The number of rotatable bonds is 4. The smallest absolute Gasteiger partial charge is 0.124 e. The molecular weight excluding hydrogens is 191 g/mol. The Morgan fingerprint density at radius 2 is 2.27 bits per heavy atom. The zero-order valence-electron chi connectivity index (χ0n) is 9.05. The van der Waals surface area contributed by atoms with Gasteiger partial charge in [-0.25, -0.2) is 4.39 Å². The van der Waals surface area contributed by atoms with Crippen molar-refractivity contribution >= 4 is 0 Å². The van der Waals surface area contributed by atoms with Crippen molar-refractivity contribution in [3.8, 4) is 6.07 Å². The highest BCUT2D eigenvalue weighted by Gasteiger charge is 2.10. The standard InChI is InChI=1S/C12H15FN2/c1-3-6-15-9(2)12-5-4-11(13)7-10(12)8-14/h4-5,7,9,15H,3,6H2,1-2H3. The Labute approximate surface area is 89.7 Å². The van der Waals surface area contributed by atoms with Gasteiger partial charge in [-0.3, -0.25) is 0 Å². The fourth-order valence-corrected chi connectivity index (χ4v) is 1.47. The molecule has 0 spiro atoms. The van der Waals surface area contributed by atoms with Gasteiger partial charge in [-0.1, -0.05) is 13.0 Å². The largest absolute Gasteiger partial charge is 0.310 e. The Morgan fingerprint density at radius 3 is 2.87 bits per heavy atom. The highest BCUT2D eigenvalue weighted by Crippen LogP contribution is 2.18. The molecule has 0 aliphatic heterocycles.